The van der Waals surface area contributed by atoms with Crippen LogP contribution < -0.4 is 10.5 Å². The first-order valence-electron chi connectivity index (χ1n) is 7.07. The van der Waals surface area contributed by atoms with Crippen LogP contribution in [0.5, 0.6) is 5.75 Å². The van der Waals surface area contributed by atoms with Gasteiger partial charge in [0.15, 0.2) is 6.61 Å². The van der Waals surface area contributed by atoms with Crippen molar-refractivity contribution in [2.75, 3.05) is 20.2 Å². The lowest BCUT2D eigenvalue weighted by Gasteiger charge is -2.19. The monoisotopic (exact) mass is 308 g/mol. The number of benzene rings is 1. The number of nitrogens with two attached hydrogens (primary N) is 1. The number of ether oxygens (including phenoxy) is 1. The largest absolute Gasteiger partial charge is 0.483 e. The maximum absolute atomic E-state index is 12.0. The summed E-state index contributed by atoms with van der Waals surface area (Å²) in [5.41, 5.74) is 7.66. The van der Waals surface area contributed by atoms with E-state index in [9.17, 15) is 4.79 Å². The molecule has 0 saturated heterocycles. The van der Waals surface area contributed by atoms with Crippen molar-refractivity contribution in [3.05, 3.63) is 29.3 Å². The Kier molecular flexibility index (Phi) is 6.62. The highest BCUT2D eigenvalue weighted by Gasteiger charge is 2.13. The van der Waals surface area contributed by atoms with E-state index in [0.29, 0.717) is 23.9 Å². The van der Waals surface area contributed by atoms with Crippen LogP contribution in [0.1, 0.15) is 37.3 Å². The van der Waals surface area contributed by atoms with Crippen molar-refractivity contribution in [3.63, 3.8) is 0 Å². The molecule has 0 fully saturated rings. The molecular weight excluding hydrogens is 284 g/mol. The van der Waals surface area contributed by atoms with Crippen LogP contribution in [-0.4, -0.2) is 36.0 Å². The van der Waals surface area contributed by atoms with E-state index >= 15 is 0 Å². The van der Waals surface area contributed by atoms with Crippen molar-refractivity contribution >= 4 is 23.1 Å². The van der Waals surface area contributed by atoms with Crippen molar-refractivity contribution in [2.45, 2.75) is 33.1 Å². The van der Waals surface area contributed by atoms with Crippen LogP contribution in [0.3, 0.4) is 0 Å². The molecule has 0 spiro atoms. The fourth-order valence-corrected chi connectivity index (χ4v) is 1.99. The summed E-state index contributed by atoms with van der Waals surface area (Å²) in [6.45, 7) is 6.76. The van der Waals surface area contributed by atoms with Gasteiger partial charge in [0, 0.05) is 20.0 Å². The number of nitrogens with zero attached hydrogens (tertiary/aromatic N) is 1. The van der Waals surface area contributed by atoms with E-state index in [4.69, 9.17) is 22.7 Å². The van der Waals surface area contributed by atoms with Crippen LogP contribution in [0.4, 0.5) is 0 Å². The molecule has 0 saturated carbocycles. The van der Waals surface area contributed by atoms with E-state index in [1.165, 1.54) is 0 Å². The Bertz CT molecular complexity index is 515. The molecule has 1 rings (SSSR count). The number of hydrogen-bond acceptors (Lipinski definition) is 3. The first kappa shape index (κ1) is 17.4. The summed E-state index contributed by atoms with van der Waals surface area (Å²) in [6.07, 6.45) is 0.527. The third-order valence-corrected chi connectivity index (χ3v) is 3.47. The molecule has 0 unspecified atom stereocenters. The number of rotatable bonds is 7. The lowest BCUT2D eigenvalue weighted by atomic mass is 10.0. The minimum atomic E-state index is -0.0811. The summed E-state index contributed by atoms with van der Waals surface area (Å²) in [4.78, 5) is 14.0. The number of likely N-dealkylation sites (N-methyl/N-ethyl adjacent to an activating group) is 1. The minimum Gasteiger partial charge on any atom is -0.483 e. The zero-order valence-corrected chi connectivity index (χ0v) is 14.0. The lowest BCUT2D eigenvalue weighted by molar-refractivity contribution is -0.131. The standard InChI is InChI=1S/C16H24N2O2S/c1-11(2)13-6-5-12(3)9-14(13)20-10-16(19)18(4)8-7-15(17)21/h5-6,9,11H,7-8,10H2,1-4H3,(H2,17,21). The van der Waals surface area contributed by atoms with E-state index in [1.807, 2.05) is 13.0 Å². The van der Waals surface area contributed by atoms with E-state index in [0.717, 1.165) is 16.9 Å². The predicted molar refractivity (Wildman–Crippen MR) is 89.8 cm³/mol. The predicted octanol–water partition coefficient (Wildman–Crippen LogP) is 2.63. The van der Waals surface area contributed by atoms with Gasteiger partial charge in [0.2, 0.25) is 0 Å². The fraction of sp³-hybridized carbons (Fsp3) is 0.500. The first-order chi connectivity index (χ1) is 9.81. The summed E-state index contributed by atoms with van der Waals surface area (Å²) < 4.78 is 5.71. The molecule has 0 aliphatic carbocycles. The molecule has 0 aromatic heterocycles. The third kappa shape index (κ3) is 5.71. The van der Waals surface area contributed by atoms with E-state index in [-0.39, 0.29) is 12.5 Å². The van der Waals surface area contributed by atoms with Crippen molar-refractivity contribution in [1.29, 1.82) is 0 Å². The van der Waals surface area contributed by atoms with Gasteiger partial charge in [0.1, 0.15) is 5.75 Å². The molecule has 0 radical (unpaired) electrons. The Hall–Kier alpha value is -1.62. The first-order valence-corrected chi connectivity index (χ1v) is 7.47. The molecule has 0 aliphatic rings. The maximum atomic E-state index is 12.0. The summed E-state index contributed by atoms with van der Waals surface area (Å²) in [6, 6.07) is 6.08. The topological polar surface area (TPSA) is 55.6 Å². The third-order valence-electron chi connectivity index (χ3n) is 3.26. The second-order valence-corrected chi connectivity index (χ2v) is 6.04. The molecule has 5 heteroatoms. The molecule has 0 aliphatic heterocycles. The van der Waals surface area contributed by atoms with Gasteiger partial charge < -0.3 is 15.4 Å². The lowest BCUT2D eigenvalue weighted by Crippen LogP contribution is -2.33. The normalized spacial score (nSPS) is 10.5. The zero-order valence-electron chi connectivity index (χ0n) is 13.2. The SMILES string of the molecule is Cc1ccc(C(C)C)c(OCC(=O)N(C)CCC(N)=S)c1. The van der Waals surface area contributed by atoms with Crippen molar-refractivity contribution < 1.29 is 9.53 Å². The molecule has 1 amide bonds. The van der Waals surface area contributed by atoms with Crippen molar-refractivity contribution in [1.82, 2.24) is 4.90 Å². The van der Waals surface area contributed by atoms with Gasteiger partial charge in [-0.3, -0.25) is 4.79 Å². The van der Waals surface area contributed by atoms with Gasteiger partial charge in [-0.25, -0.2) is 0 Å². The summed E-state index contributed by atoms with van der Waals surface area (Å²) >= 11 is 4.81. The van der Waals surface area contributed by atoms with Gasteiger partial charge >= 0.3 is 0 Å². The molecule has 4 nitrogen and oxygen atoms in total. The Morgan fingerprint density at radius 2 is 2.10 bits per heavy atom. The van der Waals surface area contributed by atoms with Crippen LogP contribution in [-0.2, 0) is 4.79 Å². The number of aryl methyl sites for hydroxylation is 1. The number of thiocarbonyl (C=S) groups is 1. The number of carbonyl (C=O) groups excluding carboxylic acids is 1. The molecule has 0 heterocycles. The molecule has 2 N–H and O–H groups in total. The Morgan fingerprint density at radius 1 is 1.43 bits per heavy atom. The van der Waals surface area contributed by atoms with Gasteiger partial charge in [-0.1, -0.05) is 38.2 Å². The van der Waals surface area contributed by atoms with Crippen LogP contribution in [0.15, 0.2) is 18.2 Å². The van der Waals surface area contributed by atoms with Gasteiger partial charge in [-0.2, -0.15) is 0 Å². The number of amides is 1. The second-order valence-electron chi connectivity index (χ2n) is 5.52. The summed E-state index contributed by atoms with van der Waals surface area (Å²) in [7, 11) is 1.73. The molecule has 21 heavy (non-hydrogen) atoms. The van der Waals surface area contributed by atoms with Gasteiger partial charge in [0.25, 0.3) is 5.91 Å². The van der Waals surface area contributed by atoms with Crippen molar-refractivity contribution in [3.8, 4) is 5.75 Å². The highest BCUT2D eigenvalue weighted by molar-refractivity contribution is 7.80. The van der Waals surface area contributed by atoms with Gasteiger partial charge in [-0.05, 0) is 30.0 Å². The van der Waals surface area contributed by atoms with Crippen LogP contribution in [0, 0.1) is 6.92 Å². The quantitative estimate of drug-likeness (QED) is 0.787. The van der Waals surface area contributed by atoms with Gasteiger partial charge in [-0.15, -0.1) is 0 Å². The summed E-state index contributed by atoms with van der Waals surface area (Å²) in [5.74, 6) is 1.05. The average Bonchev–Trinajstić information content (AvgIpc) is 2.41. The van der Waals surface area contributed by atoms with E-state index in [2.05, 4.69) is 26.0 Å². The number of hydrogen-bond donors (Lipinski definition) is 1. The Balaban J connectivity index is 2.64. The average molecular weight is 308 g/mol. The molecular formula is C16H24N2O2S. The summed E-state index contributed by atoms with van der Waals surface area (Å²) in [5, 5.41) is 0. The molecule has 116 valence electrons. The zero-order chi connectivity index (χ0) is 16.0. The fourth-order valence-electron chi connectivity index (χ4n) is 1.90. The van der Waals surface area contributed by atoms with Crippen LogP contribution >= 0.6 is 12.2 Å². The Labute approximate surface area is 132 Å². The number of carbonyl (C=O) groups is 1. The van der Waals surface area contributed by atoms with Gasteiger partial charge in [0.05, 0.1) is 4.99 Å². The van der Waals surface area contributed by atoms with E-state index < -0.39 is 0 Å². The highest BCUT2D eigenvalue weighted by Crippen LogP contribution is 2.27. The minimum absolute atomic E-state index is 0.0248. The molecule has 0 bridgehead atoms. The van der Waals surface area contributed by atoms with E-state index in [1.54, 1.807) is 11.9 Å². The van der Waals surface area contributed by atoms with Crippen LogP contribution in [0.2, 0.25) is 0 Å². The smallest absolute Gasteiger partial charge is 0.260 e. The molecule has 0 atom stereocenters. The maximum Gasteiger partial charge on any atom is 0.260 e. The van der Waals surface area contributed by atoms with Crippen LogP contribution in [0.25, 0.3) is 0 Å². The molecule has 1 aromatic rings. The van der Waals surface area contributed by atoms with Crippen molar-refractivity contribution in [2.24, 2.45) is 5.73 Å². The molecule has 1 aromatic carbocycles. The second kappa shape index (κ2) is 7.98. The highest BCUT2D eigenvalue weighted by atomic mass is 32.1. The Morgan fingerprint density at radius 3 is 2.67 bits per heavy atom.